The molecular weight excluding hydrogens is 302 g/mol. The van der Waals surface area contributed by atoms with E-state index in [9.17, 15) is 0 Å². The summed E-state index contributed by atoms with van der Waals surface area (Å²) >= 11 is 1.23. The van der Waals surface area contributed by atoms with Crippen LogP contribution in [0.2, 0.25) is 0 Å². The van der Waals surface area contributed by atoms with Gasteiger partial charge in [-0.05, 0) is 0 Å². The second-order valence-electron chi connectivity index (χ2n) is 3.70. The summed E-state index contributed by atoms with van der Waals surface area (Å²) in [6, 6.07) is 4.80. The van der Waals surface area contributed by atoms with Crippen molar-refractivity contribution in [3.05, 3.63) is 32.1 Å². The van der Waals surface area contributed by atoms with Crippen LogP contribution in [0.5, 0.6) is 0 Å². The van der Waals surface area contributed by atoms with Crippen LogP contribution in [0.1, 0.15) is 20.0 Å². The van der Waals surface area contributed by atoms with E-state index in [0.29, 0.717) is 29.0 Å². The summed E-state index contributed by atoms with van der Waals surface area (Å²) in [4.78, 5) is 0. The third-order valence-electron chi connectivity index (χ3n) is 2.57. The maximum atomic E-state index is 2.40. The van der Waals surface area contributed by atoms with Crippen LogP contribution >= 0.6 is 0 Å². The predicted molar refractivity (Wildman–Crippen MR) is 64.7 cm³/mol. The second kappa shape index (κ2) is 3.87. The number of rotatable bonds is 1. The van der Waals surface area contributed by atoms with Crippen molar-refractivity contribution in [3.8, 4) is 8.87 Å². The van der Waals surface area contributed by atoms with Crippen molar-refractivity contribution >= 4 is 29.0 Å². The van der Waals surface area contributed by atoms with Crippen LogP contribution < -0.4 is 0 Å². The summed E-state index contributed by atoms with van der Waals surface area (Å²) in [5.41, 5.74) is 3.00. The fourth-order valence-corrected chi connectivity index (χ4v) is 6.26. The first-order valence-electron chi connectivity index (χ1n) is 4.72. The molecule has 0 N–H and O–H groups in total. The molecule has 0 aliphatic rings. The first-order chi connectivity index (χ1) is 6.58. The molecule has 0 aromatic carbocycles. The van der Waals surface area contributed by atoms with Gasteiger partial charge in [-0.15, -0.1) is 0 Å². The summed E-state index contributed by atoms with van der Waals surface area (Å²) in [7, 11) is 0. The summed E-state index contributed by atoms with van der Waals surface area (Å²) in [6.45, 7) is 9.02. The van der Waals surface area contributed by atoms with E-state index in [1.807, 2.05) is 0 Å². The van der Waals surface area contributed by atoms with E-state index in [1.165, 1.54) is 11.1 Å². The summed E-state index contributed by atoms with van der Waals surface area (Å²) in [5, 5.41) is 0. The summed E-state index contributed by atoms with van der Waals surface area (Å²) in [5.74, 6) is 0. The van der Waals surface area contributed by atoms with Gasteiger partial charge in [0, 0.05) is 0 Å². The van der Waals surface area contributed by atoms with E-state index >= 15 is 0 Å². The van der Waals surface area contributed by atoms with Gasteiger partial charge < -0.3 is 0 Å². The molecule has 2 heterocycles. The van der Waals surface area contributed by atoms with Crippen molar-refractivity contribution in [1.82, 2.24) is 0 Å². The summed E-state index contributed by atoms with van der Waals surface area (Å²) < 4.78 is 6.46. The molecule has 2 aromatic rings. The van der Waals surface area contributed by atoms with Crippen molar-refractivity contribution in [2.45, 2.75) is 27.7 Å². The van der Waals surface area contributed by atoms with Gasteiger partial charge in [0.15, 0.2) is 0 Å². The Balaban J connectivity index is 2.49. The Bertz CT molecular complexity index is 377. The van der Waals surface area contributed by atoms with E-state index < -0.39 is 0 Å². The Kier molecular flexibility index (Phi) is 2.90. The van der Waals surface area contributed by atoms with Gasteiger partial charge in [-0.3, -0.25) is 0 Å². The van der Waals surface area contributed by atoms with E-state index in [4.69, 9.17) is 0 Å². The summed E-state index contributed by atoms with van der Waals surface area (Å²) in [6.07, 6.45) is 0. The van der Waals surface area contributed by atoms with Crippen molar-refractivity contribution < 1.29 is 0 Å². The second-order valence-corrected chi connectivity index (χ2v) is 8.97. The van der Waals surface area contributed by atoms with Crippen LogP contribution in [-0.2, 0) is 0 Å². The molecule has 2 heteroatoms. The molecule has 0 saturated carbocycles. The monoisotopic (exact) mass is 318 g/mol. The van der Waals surface area contributed by atoms with Crippen molar-refractivity contribution in [1.29, 1.82) is 0 Å². The van der Waals surface area contributed by atoms with E-state index in [0.717, 1.165) is 0 Å². The zero-order valence-electron chi connectivity index (χ0n) is 8.97. The van der Waals surface area contributed by atoms with Gasteiger partial charge >= 0.3 is 97.7 Å². The molecule has 0 aliphatic carbocycles. The van der Waals surface area contributed by atoms with Gasteiger partial charge in [0.1, 0.15) is 0 Å². The van der Waals surface area contributed by atoms with Crippen LogP contribution in [-0.4, -0.2) is 29.0 Å². The zero-order valence-corrected chi connectivity index (χ0v) is 12.4. The third kappa shape index (κ3) is 1.85. The number of aryl methyl sites for hydroxylation is 4. The number of hydrogen-bond acceptors (Lipinski definition) is 0. The molecule has 74 valence electrons. The molecule has 0 radical (unpaired) electrons. The van der Waals surface area contributed by atoms with Crippen molar-refractivity contribution in [3.63, 3.8) is 0 Å². The number of hydrogen-bond donors (Lipinski definition) is 0. The zero-order chi connectivity index (χ0) is 10.3. The molecule has 2 aromatic heterocycles. The fourth-order valence-electron chi connectivity index (χ4n) is 1.39. The average Bonchev–Trinajstić information content (AvgIpc) is 2.60. The van der Waals surface area contributed by atoms with Crippen molar-refractivity contribution in [2.75, 3.05) is 0 Å². The van der Waals surface area contributed by atoms with Gasteiger partial charge in [0.2, 0.25) is 0 Å². The van der Waals surface area contributed by atoms with Gasteiger partial charge in [-0.2, -0.15) is 0 Å². The van der Waals surface area contributed by atoms with Crippen molar-refractivity contribution in [2.24, 2.45) is 0 Å². The quantitative estimate of drug-likeness (QED) is 0.710. The normalized spacial score (nSPS) is 10.9. The van der Waals surface area contributed by atoms with E-state index in [2.05, 4.69) is 39.8 Å². The molecule has 0 bridgehead atoms. The molecule has 0 atom stereocenters. The molecule has 0 spiro atoms. The Morgan fingerprint density at radius 2 is 1.07 bits per heavy atom. The minimum absolute atomic E-state index is 0.614. The van der Waals surface area contributed by atoms with Crippen LogP contribution in [0.4, 0.5) is 0 Å². The van der Waals surface area contributed by atoms with Gasteiger partial charge in [0.25, 0.3) is 0 Å². The Morgan fingerprint density at radius 3 is 1.29 bits per heavy atom. The Hall–Kier alpha value is -0.00104. The molecule has 0 unspecified atom stereocenters. The molecular formula is C12H14Se2. The third-order valence-corrected chi connectivity index (χ3v) is 8.21. The minimum atomic E-state index is 0.614. The van der Waals surface area contributed by atoms with E-state index in [1.54, 1.807) is 17.7 Å². The van der Waals surface area contributed by atoms with E-state index in [-0.39, 0.29) is 0 Å². The molecule has 14 heavy (non-hydrogen) atoms. The van der Waals surface area contributed by atoms with Crippen LogP contribution in [0.3, 0.4) is 0 Å². The van der Waals surface area contributed by atoms with Gasteiger partial charge in [-0.25, -0.2) is 0 Å². The first kappa shape index (κ1) is 10.5. The van der Waals surface area contributed by atoms with Gasteiger partial charge in [0.05, 0.1) is 0 Å². The molecule has 2 rings (SSSR count). The molecule has 0 amide bonds. The van der Waals surface area contributed by atoms with Crippen LogP contribution in [0, 0.1) is 27.7 Å². The maximum absolute atomic E-state index is 2.40. The van der Waals surface area contributed by atoms with Crippen LogP contribution in [0.25, 0.3) is 8.87 Å². The molecule has 0 nitrogen and oxygen atoms in total. The average molecular weight is 316 g/mol. The molecule has 0 fully saturated rings. The Labute approximate surface area is 97.5 Å². The van der Waals surface area contributed by atoms with Gasteiger partial charge in [-0.1, -0.05) is 0 Å². The first-order valence-corrected chi connectivity index (χ1v) is 8.15. The molecule has 0 saturated heterocycles. The molecule has 0 aliphatic heterocycles. The standard InChI is InChI=1S/C12H14Se2/c1-7-5-11(13-9(7)3)12-6-8(2)10(4)14-12/h5-6H,1-4H3. The predicted octanol–water partition coefficient (Wildman–Crippen LogP) is 2.70. The Morgan fingerprint density at radius 1 is 0.714 bits per heavy atom. The van der Waals surface area contributed by atoms with Crippen LogP contribution in [0.15, 0.2) is 12.1 Å². The topological polar surface area (TPSA) is 0 Å². The fraction of sp³-hybridized carbons (Fsp3) is 0.333. The SMILES string of the molecule is Cc1cc(-c2cc(C)c(C)[se]2)[se]c1C.